The van der Waals surface area contributed by atoms with E-state index in [0.29, 0.717) is 5.56 Å². The summed E-state index contributed by atoms with van der Waals surface area (Å²) in [5.41, 5.74) is 0.366. The van der Waals surface area contributed by atoms with Gasteiger partial charge in [0.25, 0.3) is 11.8 Å². The number of piperidine rings is 1. The zero-order valence-corrected chi connectivity index (χ0v) is 17.9. The maximum atomic E-state index is 14.3. The zero-order chi connectivity index (χ0) is 24.3. The minimum atomic E-state index is -4.67. The summed E-state index contributed by atoms with van der Waals surface area (Å²) in [4.78, 5) is 22.6. The lowest BCUT2D eigenvalue weighted by molar-refractivity contribution is -0.137. The van der Waals surface area contributed by atoms with Crippen LogP contribution in [0.3, 0.4) is 0 Å². The number of hydrogen-bond acceptors (Lipinski definition) is 4. The van der Waals surface area contributed by atoms with Gasteiger partial charge in [-0.3, -0.25) is 9.78 Å². The fraction of sp³-hybridized carbons (Fsp3) is 0.292. The number of nitrogens with zero attached hydrogens (tertiary/aromatic N) is 3. The van der Waals surface area contributed by atoms with Gasteiger partial charge in [-0.1, -0.05) is 36.4 Å². The molecule has 0 aliphatic carbocycles. The van der Waals surface area contributed by atoms with Crippen LogP contribution < -0.4 is 5.32 Å². The van der Waals surface area contributed by atoms with E-state index in [1.807, 2.05) is 6.07 Å². The molecular formula is C24H21F5N4O. The molecule has 3 heterocycles. The molecule has 1 aromatic carbocycles. The summed E-state index contributed by atoms with van der Waals surface area (Å²) >= 11 is 0. The first-order chi connectivity index (χ1) is 16.2. The number of carbonyl (C=O) groups excluding carboxylic acids is 1. The predicted octanol–water partition coefficient (Wildman–Crippen LogP) is 5.51. The zero-order valence-electron chi connectivity index (χ0n) is 17.9. The quantitative estimate of drug-likeness (QED) is 0.493. The van der Waals surface area contributed by atoms with Gasteiger partial charge in [-0.2, -0.15) is 13.2 Å². The summed E-state index contributed by atoms with van der Waals surface area (Å²) in [6, 6.07) is 13.3. The van der Waals surface area contributed by atoms with Gasteiger partial charge in [0.2, 0.25) is 0 Å². The topological polar surface area (TPSA) is 58.1 Å². The van der Waals surface area contributed by atoms with Crippen LogP contribution in [0.2, 0.25) is 0 Å². The second-order valence-electron chi connectivity index (χ2n) is 8.01. The molecule has 1 amide bonds. The molecule has 1 fully saturated rings. The lowest BCUT2D eigenvalue weighted by Gasteiger charge is -2.39. The fourth-order valence-corrected chi connectivity index (χ4v) is 4.03. The number of anilines is 1. The van der Waals surface area contributed by atoms with Crippen molar-refractivity contribution in [3.63, 3.8) is 0 Å². The third-order valence-electron chi connectivity index (χ3n) is 5.67. The Kier molecular flexibility index (Phi) is 6.49. The van der Waals surface area contributed by atoms with Crippen molar-refractivity contribution in [1.29, 1.82) is 0 Å². The molecule has 0 spiro atoms. The highest BCUT2D eigenvalue weighted by atomic mass is 19.4. The Morgan fingerprint density at radius 2 is 1.74 bits per heavy atom. The molecular weight excluding hydrogens is 455 g/mol. The molecule has 1 atom stereocenters. The molecule has 1 N–H and O–H groups in total. The standard InChI is InChI=1S/C24H21F5N4O/c25-23(26)10-13-33(17(14-23)15-32-21-19(24(27,28)29)9-5-12-31-21)22(34)20-18(8-4-11-30-20)16-6-2-1-3-7-16/h1-9,11-12,17H,10,13-15H2,(H,31,32). The Hall–Kier alpha value is -3.56. The molecule has 0 bridgehead atoms. The first kappa shape index (κ1) is 23.6. The largest absolute Gasteiger partial charge is 0.419 e. The van der Waals surface area contributed by atoms with Gasteiger partial charge in [0.15, 0.2) is 0 Å². The van der Waals surface area contributed by atoms with Gasteiger partial charge in [-0.05, 0) is 23.8 Å². The number of pyridine rings is 2. The molecule has 5 nitrogen and oxygen atoms in total. The maximum Gasteiger partial charge on any atom is 0.419 e. The van der Waals surface area contributed by atoms with Crippen LogP contribution in [0.4, 0.5) is 27.8 Å². The lowest BCUT2D eigenvalue weighted by atomic mass is 9.96. The number of rotatable bonds is 5. The Morgan fingerprint density at radius 1 is 1.03 bits per heavy atom. The minimum Gasteiger partial charge on any atom is -0.367 e. The Morgan fingerprint density at radius 3 is 2.47 bits per heavy atom. The van der Waals surface area contributed by atoms with E-state index in [-0.39, 0.29) is 18.8 Å². The van der Waals surface area contributed by atoms with Crippen molar-refractivity contribution in [1.82, 2.24) is 14.9 Å². The van der Waals surface area contributed by atoms with Crippen LogP contribution in [0.15, 0.2) is 67.0 Å². The Balaban J connectivity index is 1.61. The van der Waals surface area contributed by atoms with Gasteiger partial charge >= 0.3 is 6.18 Å². The molecule has 3 aromatic rings. The highest BCUT2D eigenvalue weighted by Crippen LogP contribution is 2.36. The van der Waals surface area contributed by atoms with Crippen molar-refractivity contribution in [3.8, 4) is 11.1 Å². The minimum absolute atomic E-state index is 0.0951. The first-order valence-electron chi connectivity index (χ1n) is 10.6. The lowest BCUT2D eigenvalue weighted by Crippen LogP contribution is -2.52. The highest BCUT2D eigenvalue weighted by Gasteiger charge is 2.43. The summed E-state index contributed by atoms with van der Waals surface area (Å²) in [5, 5.41) is 2.53. The van der Waals surface area contributed by atoms with Gasteiger partial charge in [0, 0.05) is 43.9 Å². The summed E-state index contributed by atoms with van der Waals surface area (Å²) in [6.45, 7) is -0.577. The molecule has 34 heavy (non-hydrogen) atoms. The van der Waals surface area contributed by atoms with Crippen molar-refractivity contribution >= 4 is 11.7 Å². The third kappa shape index (κ3) is 5.16. The van der Waals surface area contributed by atoms with Gasteiger partial charge in [0.05, 0.1) is 11.6 Å². The van der Waals surface area contributed by atoms with Gasteiger partial charge in [-0.15, -0.1) is 0 Å². The number of likely N-dealkylation sites (tertiary alicyclic amines) is 1. The van der Waals surface area contributed by atoms with Crippen LogP contribution in [-0.4, -0.2) is 45.8 Å². The molecule has 10 heteroatoms. The van der Waals surface area contributed by atoms with Crippen molar-refractivity contribution in [2.75, 3.05) is 18.4 Å². The molecule has 4 rings (SSSR count). The van der Waals surface area contributed by atoms with E-state index in [9.17, 15) is 26.7 Å². The molecule has 0 radical (unpaired) electrons. The van der Waals surface area contributed by atoms with E-state index < -0.39 is 48.3 Å². The van der Waals surface area contributed by atoms with E-state index in [2.05, 4.69) is 15.3 Å². The second-order valence-corrected chi connectivity index (χ2v) is 8.01. The highest BCUT2D eigenvalue weighted by molar-refractivity contribution is 5.99. The maximum absolute atomic E-state index is 14.3. The molecule has 1 aliphatic rings. The summed E-state index contributed by atoms with van der Waals surface area (Å²) in [7, 11) is 0. The molecule has 0 saturated carbocycles. The van der Waals surface area contributed by atoms with E-state index in [1.165, 1.54) is 17.3 Å². The van der Waals surface area contributed by atoms with E-state index in [1.54, 1.807) is 36.4 Å². The second kappa shape index (κ2) is 9.36. The average molecular weight is 476 g/mol. The molecule has 178 valence electrons. The van der Waals surface area contributed by atoms with Crippen molar-refractivity contribution in [2.24, 2.45) is 0 Å². The Bertz CT molecular complexity index is 1150. The fourth-order valence-electron chi connectivity index (χ4n) is 4.03. The normalized spacial score (nSPS) is 17.9. The van der Waals surface area contributed by atoms with Crippen LogP contribution in [-0.2, 0) is 6.18 Å². The summed E-state index contributed by atoms with van der Waals surface area (Å²) < 4.78 is 68.4. The molecule has 2 aromatic heterocycles. The number of nitrogens with one attached hydrogen (secondary N) is 1. The number of halogens is 5. The van der Waals surface area contributed by atoms with E-state index >= 15 is 0 Å². The number of carbonyl (C=O) groups is 1. The van der Waals surface area contributed by atoms with E-state index in [0.717, 1.165) is 17.7 Å². The predicted molar refractivity (Wildman–Crippen MR) is 116 cm³/mol. The van der Waals surface area contributed by atoms with Crippen molar-refractivity contribution < 1.29 is 26.7 Å². The molecule has 1 unspecified atom stereocenters. The smallest absolute Gasteiger partial charge is 0.367 e. The van der Waals surface area contributed by atoms with E-state index in [4.69, 9.17) is 0 Å². The van der Waals surface area contributed by atoms with Gasteiger partial charge in [0.1, 0.15) is 11.5 Å². The van der Waals surface area contributed by atoms with Crippen molar-refractivity contribution in [2.45, 2.75) is 31.0 Å². The van der Waals surface area contributed by atoms with Crippen LogP contribution in [0.1, 0.15) is 28.9 Å². The number of amides is 1. The molecule has 1 aliphatic heterocycles. The first-order valence-corrected chi connectivity index (χ1v) is 10.6. The number of alkyl halides is 5. The summed E-state index contributed by atoms with van der Waals surface area (Å²) in [5.74, 6) is -4.08. The van der Waals surface area contributed by atoms with Crippen LogP contribution in [0.25, 0.3) is 11.1 Å². The number of aromatic nitrogens is 2. The van der Waals surface area contributed by atoms with Crippen LogP contribution >= 0.6 is 0 Å². The number of benzene rings is 1. The Labute approximate surface area is 192 Å². The van der Waals surface area contributed by atoms with Crippen LogP contribution in [0, 0.1) is 0 Å². The van der Waals surface area contributed by atoms with Crippen molar-refractivity contribution in [3.05, 3.63) is 78.2 Å². The monoisotopic (exact) mass is 476 g/mol. The third-order valence-corrected chi connectivity index (χ3v) is 5.67. The summed E-state index contributed by atoms with van der Waals surface area (Å²) in [6.07, 6.45) is -3.28. The van der Waals surface area contributed by atoms with Gasteiger partial charge in [-0.25, -0.2) is 13.8 Å². The number of hydrogen-bond donors (Lipinski definition) is 1. The average Bonchev–Trinajstić information content (AvgIpc) is 2.82. The SMILES string of the molecule is O=C(c1ncccc1-c1ccccc1)N1CCC(F)(F)CC1CNc1ncccc1C(F)(F)F. The van der Waals surface area contributed by atoms with Crippen LogP contribution in [0.5, 0.6) is 0 Å². The van der Waals surface area contributed by atoms with Gasteiger partial charge < -0.3 is 10.2 Å². The molecule has 1 saturated heterocycles.